The van der Waals surface area contributed by atoms with E-state index in [1.165, 1.54) is 6.92 Å². The maximum atomic E-state index is 12.8. The fourth-order valence-electron chi connectivity index (χ4n) is 2.99. The van der Waals surface area contributed by atoms with Crippen LogP contribution in [-0.2, 0) is 0 Å². The van der Waals surface area contributed by atoms with Gasteiger partial charge in [0.1, 0.15) is 5.69 Å². The molecule has 3 aromatic rings. The summed E-state index contributed by atoms with van der Waals surface area (Å²) in [5.74, 6) is 0.254. The molecule has 29 heavy (non-hydrogen) atoms. The molecule has 6 heteroatoms. The third-order valence-corrected chi connectivity index (χ3v) is 4.44. The molecule has 0 atom stereocenters. The van der Waals surface area contributed by atoms with Crippen molar-refractivity contribution in [3.05, 3.63) is 77.1 Å². The van der Waals surface area contributed by atoms with Gasteiger partial charge in [-0.15, -0.1) is 0 Å². The summed E-state index contributed by atoms with van der Waals surface area (Å²) in [4.78, 5) is 33.1. The summed E-state index contributed by atoms with van der Waals surface area (Å²) >= 11 is 0. The summed E-state index contributed by atoms with van der Waals surface area (Å²) in [6, 6.07) is 16.4. The van der Waals surface area contributed by atoms with Crippen LogP contribution in [0.3, 0.4) is 0 Å². The Morgan fingerprint density at radius 1 is 0.966 bits per heavy atom. The summed E-state index contributed by atoms with van der Waals surface area (Å²) in [6.07, 6.45) is 0. The Bertz CT molecular complexity index is 1060. The summed E-state index contributed by atoms with van der Waals surface area (Å²) in [5.41, 5.74) is 4.03. The first kappa shape index (κ1) is 20.2. The van der Waals surface area contributed by atoms with Gasteiger partial charge in [0, 0.05) is 22.6 Å². The number of nitrogens with one attached hydrogen (secondary N) is 2. The normalized spacial score (nSPS) is 10.7. The Morgan fingerprint density at radius 3 is 2.45 bits per heavy atom. The van der Waals surface area contributed by atoms with E-state index in [0.717, 1.165) is 11.3 Å². The number of benzene rings is 2. The quantitative estimate of drug-likeness (QED) is 0.574. The molecule has 0 unspecified atom stereocenters. The highest BCUT2D eigenvalue weighted by atomic mass is 16.2. The highest BCUT2D eigenvalue weighted by Crippen LogP contribution is 2.24. The van der Waals surface area contributed by atoms with Gasteiger partial charge >= 0.3 is 0 Å². The molecular weight excluding hydrogens is 364 g/mol. The van der Waals surface area contributed by atoms with E-state index in [0.29, 0.717) is 22.9 Å². The number of ketones is 1. The molecule has 0 saturated carbocycles. The third kappa shape index (κ3) is 5.04. The number of carbonyl (C=O) groups is 2. The SMILES string of the molecule is CC(=O)c1cccc(Nc2nc(C)cc(C(=O)Nc3ccccc3C(C)C)n2)c1. The third-order valence-electron chi connectivity index (χ3n) is 4.44. The summed E-state index contributed by atoms with van der Waals surface area (Å²) in [7, 11) is 0. The van der Waals surface area contributed by atoms with E-state index in [-0.39, 0.29) is 23.3 Å². The Morgan fingerprint density at radius 2 is 1.72 bits per heavy atom. The van der Waals surface area contributed by atoms with Crippen molar-refractivity contribution in [2.75, 3.05) is 10.6 Å². The van der Waals surface area contributed by atoms with Crippen LogP contribution in [0.1, 0.15) is 58.8 Å². The molecule has 0 aliphatic heterocycles. The minimum atomic E-state index is -0.302. The fourth-order valence-corrected chi connectivity index (χ4v) is 2.99. The summed E-state index contributed by atoms with van der Waals surface area (Å²) in [6.45, 7) is 7.48. The number of amides is 1. The largest absolute Gasteiger partial charge is 0.324 e. The molecule has 3 rings (SSSR count). The highest BCUT2D eigenvalue weighted by molar-refractivity contribution is 6.03. The Hall–Kier alpha value is -3.54. The van der Waals surface area contributed by atoms with E-state index in [1.54, 1.807) is 31.2 Å². The van der Waals surface area contributed by atoms with Gasteiger partial charge in [-0.1, -0.05) is 44.2 Å². The number of anilines is 3. The van der Waals surface area contributed by atoms with Crippen molar-refractivity contribution in [3.63, 3.8) is 0 Å². The van der Waals surface area contributed by atoms with Crippen molar-refractivity contribution >= 4 is 29.0 Å². The first-order valence-corrected chi connectivity index (χ1v) is 9.47. The van der Waals surface area contributed by atoms with Gasteiger partial charge < -0.3 is 10.6 Å². The molecule has 0 spiro atoms. The van der Waals surface area contributed by atoms with Crippen molar-refractivity contribution in [3.8, 4) is 0 Å². The van der Waals surface area contributed by atoms with Crippen LogP contribution < -0.4 is 10.6 Å². The van der Waals surface area contributed by atoms with Crippen LogP contribution in [0.5, 0.6) is 0 Å². The number of nitrogens with zero attached hydrogens (tertiary/aromatic N) is 2. The topological polar surface area (TPSA) is 84.0 Å². The zero-order valence-electron chi connectivity index (χ0n) is 17.0. The van der Waals surface area contributed by atoms with Gasteiger partial charge in [-0.25, -0.2) is 9.97 Å². The first-order chi connectivity index (χ1) is 13.8. The Labute approximate surface area is 170 Å². The molecule has 2 aromatic carbocycles. The van der Waals surface area contributed by atoms with Crippen LogP contribution in [0, 0.1) is 6.92 Å². The zero-order chi connectivity index (χ0) is 21.0. The van der Waals surface area contributed by atoms with Crippen LogP contribution >= 0.6 is 0 Å². The van der Waals surface area contributed by atoms with Crippen LogP contribution in [0.2, 0.25) is 0 Å². The second kappa shape index (κ2) is 8.65. The van der Waals surface area contributed by atoms with Crippen molar-refractivity contribution in [1.29, 1.82) is 0 Å². The zero-order valence-corrected chi connectivity index (χ0v) is 17.0. The molecule has 0 bridgehead atoms. The van der Waals surface area contributed by atoms with Crippen molar-refractivity contribution in [1.82, 2.24) is 9.97 Å². The van der Waals surface area contributed by atoms with Gasteiger partial charge in [0.25, 0.3) is 5.91 Å². The van der Waals surface area contributed by atoms with Gasteiger partial charge in [0.2, 0.25) is 5.95 Å². The van der Waals surface area contributed by atoms with E-state index >= 15 is 0 Å². The lowest BCUT2D eigenvalue weighted by molar-refractivity contribution is 0.101. The average molecular weight is 388 g/mol. The van der Waals surface area contributed by atoms with Crippen molar-refractivity contribution < 1.29 is 9.59 Å². The van der Waals surface area contributed by atoms with Crippen LogP contribution in [-0.4, -0.2) is 21.7 Å². The van der Waals surface area contributed by atoms with Crippen LogP contribution in [0.15, 0.2) is 54.6 Å². The minimum absolute atomic E-state index is 0.0253. The number of Topliss-reactive ketones (excluding diaryl/α,β-unsaturated/α-hetero) is 1. The predicted octanol–water partition coefficient (Wildman–Crippen LogP) is 5.11. The van der Waals surface area contributed by atoms with E-state index in [4.69, 9.17) is 0 Å². The maximum absolute atomic E-state index is 12.8. The Balaban J connectivity index is 1.85. The van der Waals surface area contributed by atoms with Crippen LogP contribution in [0.25, 0.3) is 0 Å². The van der Waals surface area contributed by atoms with Crippen molar-refractivity contribution in [2.45, 2.75) is 33.6 Å². The summed E-state index contributed by atoms with van der Waals surface area (Å²) in [5, 5.41) is 6.02. The molecule has 0 radical (unpaired) electrons. The van der Waals surface area contributed by atoms with Gasteiger partial charge in [-0.3, -0.25) is 9.59 Å². The molecular formula is C23H24N4O2. The second-order valence-corrected chi connectivity index (χ2v) is 7.18. The van der Waals surface area contributed by atoms with Crippen molar-refractivity contribution in [2.24, 2.45) is 0 Å². The van der Waals surface area contributed by atoms with Gasteiger partial charge in [0.15, 0.2) is 5.78 Å². The Kier molecular flexibility index (Phi) is 6.02. The summed E-state index contributed by atoms with van der Waals surface area (Å²) < 4.78 is 0. The van der Waals surface area contributed by atoms with Gasteiger partial charge in [-0.05, 0) is 49.6 Å². The molecule has 2 N–H and O–H groups in total. The molecule has 1 heterocycles. The molecule has 0 saturated heterocycles. The lowest BCUT2D eigenvalue weighted by Gasteiger charge is -2.14. The molecule has 0 aliphatic carbocycles. The highest BCUT2D eigenvalue weighted by Gasteiger charge is 2.14. The molecule has 6 nitrogen and oxygen atoms in total. The number of rotatable bonds is 6. The number of hydrogen-bond donors (Lipinski definition) is 2. The second-order valence-electron chi connectivity index (χ2n) is 7.18. The molecule has 1 aromatic heterocycles. The molecule has 0 aliphatic rings. The van der Waals surface area contributed by atoms with Gasteiger partial charge in [0.05, 0.1) is 0 Å². The number of hydrogen-bond acceptors (Lipinski definition) is 5. The standard InChI is InChI=1S/C23H24N4O2/c1-14(2)19-10-5-6-11-20(19)26-22(29)21-12-15(3)24-23(27-21)25-18-9-7-8-17(13-18)16(4)28/h5-14H,1-4H3,(H,26,29)(H,24,25,27). The van der Waals surface area contributed by atoms with E-state index in [1.807, 2.05) is 30.3 Å². The number of aromatic nitrogens is 2. The molecule has 0 fully saturated rings. The average Bonchev–Trinajstić information content (AvgIpc) is 2.68. The fraction of sp³-hybridized carbons (Fsp3) is 0.217. The monoisotopic (exact) mass is 388 g/mol. The van der Waals surface area contributed by atoms with E-state index in [2.05, 4.69) is 34.4 Å². The van der Waals surface area contributed by atoms with Gasteiger partial charge in [-0.2, -0.15) is 0 Å². The number of aryl methyl sites for hydroxylation is 1. The van der Waals surface area contributed by atoms with Crippen LogP contribution in [0.4, 0.5) is 17.3 Å². The lowest BCUT2D eigenvalue weighted by atomic mass is 10.0. The molecule has 1 amide bonds. The maximum Gasteiger partial charge on any atom is 0.274 e. The number of carbonyl (C=O) groups excluding carboxylic acids is 2. The smallest absolute Gasteiger partial charge is 0.274 e. The first-order valence-electron chi connectivity index (χ1n) is 9.47. The number of para-hydroxylation sites is 1. The molecule has 148 valence electrons. The lowest BCUT2D eigenvalue weighted by Crippen LogP contribution is -2.16. The van der Waals surface area contributed by atoms with E-state index in [9.17, 15) is 9.59 Å². The van der Waals surface area contributed by atoms with E-state index < -0.39 is 0 Å². The predicted molar refractivity (Wildman–Crippen MR) is 115 cm³/mol. The minimum Gasteiger partial charge on any atom is -0.324 e.